The molecule has 6 amide bonds. The highest BCUT2D eigenvalue weighted by Crippen LogP contribution is 2.27. The van der Waals surface area contributed by atoms with Crippen molar-refractivity contribution >= 4 is 65.4 Å². The van der Waals surface area contributed by atoms with Crippen molar-refractivity contribution in [1.82, 2.24) is 51.7 Å². The van der Waals surface area contributed by atoms with Crippen molar-refractivity contribution in [2.75, 3.05) is 111 Å². The van der Waals surface area contributed by atoms with Crippen LogP contribution in [0, 0.1) is 17.8 Å². The Kier molecular flexibility index (Phi) is 27.8. The number of rotatable bonds is 24. The molecule has 3 aliphatic heterocycles. The maximum atomic E-state index is 13.8. The van der Waals surface area contributed by atoms with Gasteiger partial charge in [0.2, 0.25) is 35.4 Å². The van der Waals surface area contributed by atoms with Crippen molar-refractivity contribution in [3.05, 3.63) is 29.8 Å². The molecule has 3 aliphatic rings. The molecule has 4 atom stereocenters. The van der Waals surface area contributed by atoms with Crippen LogP contribution in [0.4, 0.5) is 0 Å². The van der Waals surface area contributed by atoms with Gasteiger partial charge in [-0.3, -0.25) is 68.4 Å². The second-order valence-corrected chi connectivity index (χ2v) is 18.4. The molecule has 4 rings (SSSR count). The molecule has 0 saturated carbocycles. The Balaban J connectivity index is 1.58. The number of benzene rings is 1. The van der Waals surface area contributed by atoms with Crippen molar-refractivity contribution in [3.8, 4) is 5.75 Å². The number of carboxylic acids is 3. The topological polar surface area (TPSA) is 368 Å². The summed E-state index contributed by atoms with van der Waals surface area (Å²) in [4.78, 5) is 121. The van der Waals surface area contributed by atoms with Crippen LogP contribution in [0.3, 0.4) is 0 Å². The number of hydrogen-bond acceptors (Lipinski definition) is 19. The molecule has 72 heavy (non-hydrogen) atoms. The summed E-state index contributed by atoms with van der Waals surface area (Å²) in [5.74, 6) is -8.42. The first-order chi connectivity index (χ1) is 34.4. The van der Waals surface area contributed by atoms with E-state index in [1.54, 1.807) is 44.4 Å². The Morgan fingerprint density at radius 3 is 1.90 bits per heavy atom. The monoisotopic (exact) mass is 1040 g/mol. The molecule has 0 aromatic heterocycles. The van der Waals surface area contributed by atoms with E-state index in [-0.39, 0.29) is 129 Å². The van der Waals surface area contributed by atoms with Crippen LogP contribution in [-0.2, 0) is 58.9 Å². The number of carbonyl (C=O) groups excluding carboxylic acids is 6. The summed E-state index contributed by atoms with van der Waals surface area (Å²) in [5.41, 5.74) is 2.35. The molecule has 1 unspecified atom stereocenters. The van der Waals surface area contributed by atoms with Crippen molar-refractivity contribution in [1.29, 1.82) is 0 Å². The van der Waals surface area contributed by atoms with Crippen LogP contribution in [0.2, 0.25) is 0 Å². The number of amides is 6. The molecule has 2 bridgehead atoms. The summed E-state index contributed by atoms with van der Waals surface area (Å²) in [6.45, 7) is 3.01. The van der Waals surface area contributed by atoms with E-state index < -0.39 is 90.4 Å². The highest BCUT2D eigenvalue weighted by atomic mass is 32.2. The van der Waals surface area contributed by atoms with Crippen LogP contribution in [0.25, 0.3) is 0 Å². The zero-order valence-corrected chi connectivity index (χ0v) is 41.4. The van der Waals surface area contributed by atoms with Gasteiger partial charge < -0.3 is 46.2 Å². The number of aliphatic carboxylic acids is 3. The fourth-order valence-electron chi connectivity index (χ4n) is 8.00. The van der Waals surface area contributed by atoms with Gasteiger partial charge in [0.15, 0.2) is 0 Å². The predicted molar refractivity (Wildman–Crippen MR) is 255 cm³/mol. The summed E-state index contributed by atoms with van der Waals surface area (Å²) >= 11 is 0.549. The van der Waals surface area contributed by atoms with Crippen LogP contribution in [-0.4, -0.2) is 221 Å². The van der Waals surface area contributed by atoms with Gasteiger partial charge in [-0.1, -0.05) is 31.0 Å². The number of ether oxygens (including phenoxy) is 1. The molecule has 3 heterocycles. The van der Waals surface area contributed by atoms with Crippen molar-refractivity contribution < 1.29 is 83.0 Å². The minimum absolute atomic E-state index is 0.0183. The Hall–Kier alpha value is -5.72. The molecule has 1 fully saturated rings. The molecule has 1 aromatic rings. The molecule has 11 N–H and O–H groups in total. The van der Waals surface area contributed by atoms with E-state index in [0.717, 1.165) is 0 Å². The lowest BCUT2D eigenvalue weighted by atomic mass is 9.81. The third kappa shape index (κ3) is 23.7. The van der Waals surface area contributed by atoms with Crippen LogP contribution in [0.1, 0.15) is 45.1 Å². The van der Waals surface area contributed by atoms with E-state index in [9.17, 15) is 63.7 Å². The van der Waals surface area contributed by atoms with E-state index in [0.29, 0.717) is 29.8 Å². The zero-order valence-electron chi connectivity index (χ0n) is 40.6. The van der Waals surface area contributed by atoms with E-state index in [4.69, 9.17) is 9.99 Å². The normalized spacial score (nSPS) is 19.5. The molecule has 404 valence electrons. The molecular formula is C44H70N10O17S. The lowest BCUT2D eigenvalue weighted by Gasteiger charge is -2.33. The minimum atomic E-state index is -1.15. The van der Waals surface area contributed by atoms with Gasteiger partial charge in [-0.15, -0.1) is 4.33 Å². The number of nitrogens with zero attached hydrogens (tertiary/aromatic N) is 4. The van der Waals surface area contributed by atoms with E-state index in [1.807, 2.05) is 13.8 Å². The van der Waals surface area contributed by atoms with Gasteiger partial charge in [-0.25, -0.2) is 10.7 Å². The number of nitrogens with one attached hydrogen (secondary N) is 6. The van der Waals surface area contributed by atoms with Crippen molar-refractivity contribution in [2.24, 2.45) is 17.8 Å². The number of hydroxylamine groups is 1. The Morgan fingerprint density at radius 2 is 1.36 bits per heavy atom. The molecular weight excluding hydrogens is 973 g/mol. The van der Waals surface area contributed by atoms with Crippen LogP contribution in [0.5, 0.6) is 5.75 Å². The van der Waals surface area contributed by atoms with E-state index in [1.165, 1.54) is 4.90 Å². The summed E-state index contributed by atoms with van der Waals surface area (Å²) < 4.78 is 10.3. The lowest BCUT2D eigenvalue weighted by molar-refractivity contribution is -0.432. The van der Waals surface area contributed by atoms with Gasteiger partial charge in [-0.2, -0.15) is 0 Å². The van der Waals surface area contributed by atoms with Crippen molar-refractivity contribution in [2.45, 2.75) is 58.0 Å². The second-order valence-electron chi connectivity index (χ2n) is 17.7. The second kappa shape index (κ2) is 33.1. The average molecular weight is 1040 g/mol. The summed E-state index contributed by atoms with van der Waals surface area (Å²) in [5, 5.41) is 63.8. The quantitative estimate of drug-likeness (QED) is 0.0167. The minimum Gasteiger partial charge on any atom is -0.494 e. The van der Waals surface area contributed by atoms with Crippen LogP contribution < -0.4 is 36.8 Å². The smallest absolute Gasteiger partial charge is 0.317 e. The summed E-state index contributed by atoms with van der Waals surface area (Å²) in [6.07, 6.45) is 1.18. The fraction of sp³-hybridized carbons (Fsp3) is 0.659. The molecule has 0 radical (unpaired) electrons. The van der Waals surface area contributed by atoms with Gasteiger partial charge in [-0.05, 0) is 49.3 Å². The highest BCUT2D eigenvalue weighted by Gasteiger charge is 2.36. The van der Waals surface area contributed by atoms with E-state index in [2.05, 4.69) is 36.0 Å². The zero-order chi connectivity index (χ0) is 53.0. The largest absolute Gasteiger partial charge is 0.494 e. The summed E-state index contributed by atoms with van der Waals surface area (Å²) in [6, 6.07) is 4.70. The number of fused-ring (bicyclic) bond motifs is 11. The first-order valence-corrected chi connectivity index (χ1v) is 24.5. The first-order valence-electron chi connectivity index (χ1n) is 23.6. The van der Waals surface area contributed by atoms with Gasteiger partial charge >= 0.3 is 17.9 Å². The lowest BCUT2D eigenvalue weighted by Crippen LogP contribution is -2.53. The van der Waals surface area contributed by atoms with Gasteiger partial charge in [0.05, 0.1) is 51.3 Å². The van der Waals surface area contributed by atoms with E-state index >= 15 is 0 Å². The third-order valence-corrected chi connectivity index (χ3v) is 12.3. The predicted octanol–water partition coefficient (Wildman–Crippen LogP) is -2.56. The SMILES string of the molecule is CC(C)C[C@H]1C(=O)N[C@H](C(=O)NCC(=O)NCCCNC(=O)C(CSOOO)NCC(=O)N2CCN(CC(=O)O)CCN(CC(=O)O)CCN(CC(=O)O)CC2)Cc2ccc(cc2)OCCC[C@@H]1C(=O)NO. The highest BCUT2D eigenvalue weighted by molar-refractivity contribution is 7.94. The number of carboxylic acid groups (broad SMARTS) is 3. The molecule has 0 aliphatic carbocycles. The van der Waals surface area contributed by atoms with Gasteiger partial charge in [0.25, 0.3) is 0 Å². The Morgan fingerprint density at radius 1 is 0.792 bits per heavy atom. The standard InChI is InChI=1S/C44H70N10O17S/c1-29(2)21-33-32(42(64)50-67)5-3-20-69-31-8-6-30(7-9-31)22-34(49-41(33)63)43(65)48-23-36(55)45-10-4-11-46-44(66)35(28-72-71-70-68)47-24-37(56)54-18-16-52(26-39(59)60)14-12-51(25-38(57)58)13-15-53(17-19-54)27-40(61)62/h6-9,29,32-35,47,67-68H,3-5,10-28H2,1-2H3,(H,45,55)(H,46,66)(H,48,65)(H,49,63)(H,50,64)(H,57,58)(H,59,60)(H,61,62)/t32-,33+,34-,35?/m0/s1. The Bertz CT molecular complexity index is 1900. The van der Waals surface area contributed by atoms with Gasteiger partial charge in [0, 0.05) is 95.6 Å². The van der Waals surface area contributed by atoms with Crippen molar-refractivity contribution in [3.63, 3.8) is 0 Å². The average Bonchev–Trinajstić information content (AvgIpc) is 3.32. The summed E-state index contributed by atoms with van der Waals surface area (Å²) in [7, 11) is 0. The molecule has 0 spiro atoms. The molecule has 1 aromatic carbocycles. The third-order valence-electron chi connectivity index (χ3n) is 11.7. The first kappa shape index (κ1) is 60.6. The fourth-order valence-corrected chi connectivity index (χ4v) is 8.51. The van der Waals surface area contributed by atoms with Crippen LogP contribution in [0.15, 0.2) is 24.3 Å². The molecule has 27 nitrogen and oxygen atoms in total. The van der Waals surface area contributed by atoms with Crippen LogP contribution >= 0.6 is 12.0 Å². The van der Waals surface area contributed by atoms with Gasteiger partial charge in [0.1, 0.15) is 11.8 Å². The molecule has 28 heteroatoms. The maximum absolute atomic E-state index is 13.8. The molecule has 1 saturated heterocycles. The number of hydrogen-bond donors (Lipinski definition) is 11. The number of carbonyl (C=O) groups is 9. The maximum Gasteiger partial charge on any atom is 0.317 e. The Labute approximate surface area is 421 Å².